The zero-order chi connectivity index (χ0) is 25.3. The Hall–Kier alpha value is -3.68. The highest BCUT2D eigenvalue weighted by Crippen LogP contribution is 2.35. The van der Waals surface area contributed by atoms with E-state index in [4.69, 9.17) is 21.1 Å². The summed E-state index contributed by atoms with van der Waals surface area (Å²) in [6, 6.07) is 22.1. The van der Waals surface area contributed by atoms with Gasteiger partial charge >= 0.3 is 5.97 Å². The van der Waals surface area contributed by atoms with E-state index in [0.717, 1.165) is 34.9 Å². The van der Waals surface area contributed by atoms with Crippen molar-refractivity contribution in [3.63, 3.8) is 0 Å². The van der Waals surface area contributed by atoms with Gasteiger partial charge in [0.25, 0.3) is 5.91 Å². The molecule has 0 fully saturated rings. The number of fused-ring (bicyclic) bond motifs is 1. The highest BCUT2D eigenvalue weighted by atomic mass is 35.5. The Balaban J connectivity index is 1.24. The van der Waals surface area contributed by atoms with Crippen molar-refractivity contribution < 1.29 is 19.1 Å². The van der Waals surface area contributed by atoms with Crippen LogP contribution in [0, 0.1) is 0 Å². The molecule has 6 nitrogen and oxygen atoms in total. The fourth-order valence-electron chi connectivity index (χ4n) is 3.41. The average molecular weight is 521 g/mol. The van der Waals surface area contributed by atoms with E-state index in [-0.39, 0.29) is 12.5 Å². The fourth-order valence-corrected chi connectivity index (χ4v) is 4.80. The van der Waals surface area contributed by atoms with Gasteiger partial charge in [0.15, 0.2) is 6.61 Å². The van der Waals surface area contributed by atoms with Gasteiger partial charge in [0.2, 0.25) is 0 Å². The second kappa shape index (κ2) is 12.3. The molecule has 4 aromatic rings. The number of nitrogens with one attached hydrogen (secondary N) is 1. The first-order valence-corrected chi connectivity index (χ1v) is 12.8. The lowest BCUT2D eigenvalue weighted by Crippen LogP contribution is -2.24. The molecule has 8 heteroatoms. The Bertz CT molecular complexity index is 1360. The number of esters is 1. The summed E-state index contributed by atoms with van der Waals surface area (Å²) in [5, 5.41) is 5.17. The van der Waals surface area contributed by atoms with E-state index in [9.17, 15) is 9.59 Å². The number of ether oxygens (including phenoxy) is 2. The zero-order valence-corrected chi connectivity index (χ0v) is 21.3. The van der Waals surface area contributed by atoms with Crippen LogP contribution < -0.4 is 14.9 Å². The van der Waals surface area contributed by atoms with Crippen LogP contribution >= 0.6 is 22.9 Å². The molecule has 1 heterocycles. The van der Waals surface area contributed by atoms with Gasteiger partial charge in [0.1, 0.15) is 16.4 Å². The maximum Gasteiger partial charge on any atom is 0.355 e. The molecule has 3 aromatic carbocycles. The van der Waals surface area contributed by atoms with E-state index >= 15 is 0 Å². The maximum absolute atomic E-state index is 12.6. The van der Waals surface area contributed by atoms with Crippen LogP contribution in [0.3, 0.4) is 0 Å². The minimum absolute atomic E-state index is 0.138. The molecule has 4 rings (SSSR count). The Morgan fingerprint density at radius 3 is 2.44 bits per heavy atom. The van der Waals surface area contributed by atoms with E-state index in [1.54, 1.807) is 24.3 Å². The quantitative estimate of drug-likeness (QED) is 0.110. The summed E-state index contributed by atoms with van der Waals surface area (Å²) in [4.78, 5) is 24.9. The first-order chi connectivity index (χ1) is 17.5. The summed E-state index contributed by atoms with van der Waals surface area (Å²) >= 11 is 7.65. The second-order valence-corrected chi connectivity index (χ2v) is 9.46. The van der Waals surface area contributed by atoms with Crippen LogP contribution in [0.15, 0.2) is 77.9 Å². The first kappa shape index (κ1) is 25.4. The number of unbranched alkanes of at least 4 members (excludes halogenated alkanes) is 1. The normalized spacial score (nSPS) is 11.1. The van der Waals surface area contributed by atoms with Gasteiger partial charge in [0, 0.05) is 10.1 Å². The molecule has 0 aliphatic carbocycles. The van der Waals surface area contributed by atoms with Crippen LogP contribution in [-0.4, -0.2) is 24.7 Å². The third-order valence-electron chi connectivity index (χ3n) is 5.33. The summed E-state index contributed by atoms with van der Waals surface area (Å²) in [5.41, 5.74) is 4.41. The SMILES string of the molecule is CCCCc1ccc(OCC(=O)NN=Cc2ccc(OC(=O)c3sc4ccccc4c3Cl)cc2)cc1. The molecule has 1 amide bonds. The van der Waals surface area contributed by atoms with Crippen molar-refractivity contribution in [1.29, 1.82) is 0 Å². The van der Waals surface area contributed by atoms with Gasteiger partial charge in [-0.3, -0.25) is 4.79 Å². The van der Waals surface area contributed by atoms with Crippen molar-refractivity contribution in [2.75, 3.05) is 6.61 Å². The van der Waals surface area contributed by atoms with E-state index in [0.29, 0.717) is 21.4 Å². The number of rotatable bonds is 10. The van der Waals surface area contributed by atoms with E-state index in [1.165, 1.54) is 23.1 Å². The molecule has 0 aliphatic rings. The molecule has 0 saturated heterocycles. The average Bonchev–Trinajstić information content (AvgIpc) is 3.24. The van der Waals surface area contributed by atoms with Crippen LogP contribution in [0.2, 0.25) is 5.02 Å². The van der Waals surface area contributed by atoms with Gasteiger partial charge in [-0.15, -0.1) is 11.3 Å². The van der Waals surface area contributed by atoms with Crippen LogP contribution in [-0.2, 0) is 11.2 Å². The van der Waals surface area contributed by atoms with Gasteiger partial charge in [-0.2, -0.15) is 5.10 Å². The van der Waals surface area contributed by atoms with Crippen molar-refractivity contribution in [3.05, 3.63) is 93.8 Å². The van der Waals surface area contributed by atoms with Crippen LogP contribution in [0.5, 0.6) is 11.5 Å². The van der Waals surface area contributed by atoms with Crippen LogP contribution in [0.25, 0.3) is 10.1 Å². The maximum atomic E-state index is 12.6. The number of nitrogens with zero attached hydrogens (tertiary/aromatic N) is 1. The monoisotopic (exact) mass is 520 g/mol. The Labute approximate surface area is 218 Å². The van der Waals surface area contributed by atoms with Gasteiger partial charge in [-0.25, -0.2) is 10.2 Å². The number of hydrazone groups is 1. The molecular formula is C28H25ClN2O4S. The Kier molecular flexibility index (Phi) is 8.71. The number of aryl methyl sites for hydroxylation is 1. The molecule has 0 aliphatic heterocycles. The Morgan fingerprint density at radius 2 is 1.72 bits per heavy atom. The third kappa shape index (κ3) is 6.71. The van der Waals surface area contributed by atoms with Crippen molar-refractivity contribution in [1.82, 2.24) is 5.43 Å². The summed E-state index contributed by atoms with van der Waals surface area (Å²) in [5.74, 6) is 0.137. The van der Waals surface area contributed by atoms with E-state index < -0.39 is 5.97 Å². The molecule has 184 valence electrons. The molecule has 0 atom stereocenters. The molecule has 0 bridgehead atoms. The van der Waals surface area contributed by atoms with Gasteiger partial charge in [-0.1, -0.05) is 55.3 Å². The topological polar surface area (TPSA) is 77.0 Å². The molecule has 0 radical (unpaired) electrons. The van der Waals surface area contributed by atoms with Crippen LogP contribution in [0.1, 0.15) is 40.6 Å². The predicted molar refractivity (Wildman–Crippen MR) is 145 cm³/mol. The number of thiophene rings is 1. The second-order valence-electron chi connectivity index (χ2n) is 8.03. The third-order valence-corrected chi connectivity index (χ3v) is 6.98. The molecule has 36 heavy (non-hydrogen) atoms. The number of carbonyl (C=O) groups is 2. The molecule has 0 spiro atoms. The van der Waals surface area contributed by atoms with E-state index in [2.05, 4.69) is 17.5 Å². The molecule has 1 aromatic heterocycles. The smallest absolute Gasteiger partial charge is 0.355 e. The van der Waals surface area contributed by atoms with Crippen molar-refractivity contribution in [2.45, 2.75) is 26.2 Å². The number of amides is 1. The summed E-state index contributed by atoms with van der Waals surface area (Å²) in [6.07, 6.45) is 4.83. The van der Waals surface area contributed by atoms with Crippen molar-refractivity contribution in [2.24, 2.45) is 5.10 Å². The molecule has 0 unspecified atom stereocenters. The van der Waals surface area contributed by atoms with Gasteiger partial charge in [-0.05, 0) is 66.4 Å². The zero-order valence-electron chi connectivity index (χ0n) is 19.7. The van der Waals surface area contributed by atoms with Crippen molar-refractivity contribution in [3.8, 4) is 11.5 Å². The fraction of sp³-hybridized carbons (Fsp3) is 0.179. The number of hydrogen-bond donors (Lipinski definition) is 1. The highest BCUT2D eigenvalue weighted by molar-refractivity contribution is 7.21. The molecular weight excluding hydrogens is 496 g/mol. The largest absolute Gasteiger partial charge is 0.484 e. The van der Waals surface area contributed by atoms with Gasteiger partial charge in [0.05, 0.1) is 11.2 Å². The minimum atomic E-state index is -0.509. The summed E-state index contributed by atoms with van der Waals surface area (Å²) in [6.45, 7) is 2.02. The first-order valence-electron chi connectivity index (χ1n) is 11.6. The van der Waals surface area contributed by atoms with Crippen LogP contribution in [0.4, 0.5) is 0 Å². The Morgan fingerprint density at radius 1 is 1.00 bits per heavy atom. The predicted octanol–water partition coefficient (Wildman–Crippen LogP) is 6.65. The van der Waals surface area contributed by atoms with Gasteiger partial charge < -0.3 is 9.47 Å². The number of hydrogen-bond acceptors (Lipinski definition) is 6. The van der Waals surface area contributed by atoms with E-state index in [1.807, 2.05) is 48.5 Å². The minimum Gasteiger partial charge on any atom is -0.484 e. The number of halogens is 1. The lowest BCUT2D eigenvalue weighted by Gasteiger charge is -2.06. The summed E-state index contributed by atoms with van der Waals surface area (Å²) < 4.78 is 11.9. The summed E-state index contributed by atoms with van der Waals surface area (Å²) in [7, 11) is 0. The molecule has 0 saturated carbocycles. The lowest BCUT2D eigenvalue weighted by molar-refractivity contribution is -0.123. The number of benzene rings is 3. The lowest BCUT2D eigenvalue weighted by atomic mass is 10.1. The van der Waals surface area contributed by atoms with Crippen molar-refractivity contribution >= 4 is 51.1 Å². The molecule has 1 N–H and O–H groups in total. The highest BCUT2D eigenvalue weighted by Gasteiger charge is 2.18. The standard InChI is InChI=1S/C28H25ClN2O4S/c1-2-3-6-19-9-13-21(14-10-19)34-18-25(32)31-30-17-20-11-15-22(16-12-20)35-28(33)27-26(29)23-7-4-5-8-24(23)36-27/h4-5,7-17H,2-3,6,18H2,1H3,(H,31,32). The number of carbonyl (C=O) groups excluding carboxylic acids is 2.